The molecule has 1 unspecified atom stereocenters. The normalized spacial score (nSPS) is 18.4. The summed E-state index contributed by atoms with van der Waals surface area (Å²) in [6, 6.07) is 3.57. The summed E-state index contributed by atoms with van der Waals surface area (Å²) < 4.78 is 18.9. The van der Waals surface area contributed by atoms with Crippen molar-refractivity contribution in [3.05, 3.63) is 34.1 Å². The predicted octanol–water partition coefficient (Wildman–Crippen LogP) is 1.57. The molecule has 0 bridgehead atoms. The SMILES string of the molecule is CCNC(=O)C1COCCN1C(=O)c1cccc(F)c1Br. The van der Waals surface area contributed by atoms with Gasteiger partial charge in [-0.25, -0.2) is 4.39 Å². The molecule has 1 aliphatic rings. The average Bonchev–Trinajstić information content (AvgIpc) is 2.49. The van der Waals surface area contributed by atoms with Gasteiger partial charge in [0.1, 0.15) is 11.9 Å². The summed E-state index contributed by atoms with van der Waals surface area (Å²) in [5.41, 5.74) is 0.200. The zero-order valence-corrected chi connectivity index (χ0v) is 13.2. The summed E-state index contributed by atoms with van der Waals surface area (Å²) in [4.78, 5) is 26.0. The zero-order valence-electron chi connectivity index (χ0n) is 11.6. The van der Waals surface area contributed by atoms with E-state index in [2.05, 4.69) is 21.2 Å². The molecule has 21 heavy (non-hydrogen) atoms. The number of ether oxygens (including phenoxy) is 1. The number of amides is 2. The van der Waals surface area contributed by atoms with Gasteiger partial charge in [0.15, 0.2) is 0 Å². The van der Waals surface area contributed by atoms with Gasteiger partial charge in [-0.05, 0) is 35.0 Å². The van der Waals surface area contributed by atoms with E-state index in [0.717, 1.165) is 0 Å². The van der Waals surface area contributed by atoms with E-state index < -0.39 is 11.9 Å². The molecule has 0 spiro atoms. The molecule has 1 aromatic carbocycles. The second kappa shape index (κ2) is 7.00. The first kappa shape index (κ1) is 15.9. The molecule has 1 saturated heterocycles. The maximum Gasteiger partial charge on any atom is 0.255 e. The molecular formula is C14H16BrFN2O3. The molecule has 5 nitrogen and oxygen atoms in total. The highest BCUT2D eigenvalue weighted by Gasteiger charge is 2.34. The number of carbonyl (C=O) groups excluding carboxylic acids is 2. The highest BCUT2D eigenvalue weighted by atomic mass is 79.9. The van der Waals surface area contributed by atoms with Crippen molar-refractivity contribution in [2.45, 2.75) is 13.0 Å². The first-order valence-electron chi connectivity index (χ1n) is 6.66. The lowest BCUT2D eigenvalue weighted by Crippen LogP contribution is -2.55. The molecule has 1 aliphatic heterocycles. The first-order valence-corrected chi connectivity index (χ1v) is 7.46. The fraction of sp³-hybridized carbons (Fsp3) is 0.429. The van der Waals surface area contributed by atoms with Crippen LogP contribution in [-0.4, -0.2) is 49.1 Å². The molecule has 7 heteroatoms. The Bertz CT molecular complexity index is 553. The van der Waals surface area contributed by atoms with Crippen molar-refractivity contribution in [2.75, 3.05) is 26.3 Å². The minimum absolute atomic E-state index is 0.108. The van der Waals surface area contributed by atoms with Crippen LogP contribution in [0.5, 0.6) is 0 Å². The minimum Gasteiger partial charge on any atom is -0.377 e. The van der Waals surface area contributed by atoms with Gasteiger partial charge in [-0.2, -0.15) is 0 Å². The number of hydrogen-bond donors (Lipinski definition) is 1. The van der Waals surface area contributed by atoms with Crippen molar-refractivity contribution >= 4 is 27.7 Å². The Morgan fingerprint density at radius 1 is 1.52 bits per heavy atom. The lowest BCUT2D eigenvalue weighted by molar-refractivity contribution is -0.130. The van der Waals surface area contributed by atoms with Crippen molar-refractivity contribution in [1.29, 1.82) is 0 Å². The van der Waals surface area contributed by atoms with Crippen molar-refractivity contribution in [3.63, 3.8) is 0 Å². The van der Waals surface area contributed by atoms with E-state index in [1.807, 2.05) is 0 Å². The van der Waals surface area contributed by atoms with E-state index in [4.69, 9.17) is 4.74 Å². The van der Waals surface area contributed by atoms with Crippen LogP contribution in [-0.2, 0) is 9.53 Å². The quantitative estimate of drug-likeness (QED) is 0.891. The largest absolute Gasteiger partial charge is 0.377 e. The zero-order chi connectivity index (χ0) is 15.4. The second-order valence-electron chi connectivity index (χ2n) is 4.59. The number of nitrogens with one attached hydrogen (secondary N) is 1. The van der Waals surface area contributed by atoms with Crippen molar-refractivity contribution < 1.29 is 18.7 Å². The third-order valence-electron chi connectivity index (χ3n) is 3.22. The van der Waals surface area contributed by atoms with E-state index in [0.29, 0.717) is 19.7 Å². The molecular weight excluding hydrogens is 343 g/mol. The van der Waals surface area contributed by atoms with Gasteiger partial charge in [-0.15, -0.1) is 0 Å². The fourth-order valence-corrected chi connectivity index (χ4v) is 2.61. The molecule has 1 heterocycles. The van der Waals surface area contributed by atoms with Gasteiger partial charge in [-0.3, -0.25) is 9.59 Å². The molecule has 0 aliphatic carbocycles. The Balaban J connectivity index is 2.26. The summed E-state index contributed by atoms with van der Waals surface area (Å²) >= 11 is 3.08. The Hall–Kier alpha value is -1.47. The van der Waals surface area contributed by atoms with Gasteiger partial charge in [0.25, 0.3) is 5.91 Å². The summed E-state index contributed by atoms with van der Waals surface area (Å²) in [7, 11) is 0. The van der Waals surface area contributed by atoms with Crippen LogP contribution in [0.4, 0.5) is 4.39 Å². The van der Waals surface area contributed by atoms with Crippen molar-refractivity contribution in [2.24, 2.45) is 0 Å². The van der Waals surface area contributed by atoms with E-state index in [1.165, 1.54) is 23.1 Å². The monoisotopic (exact) mass is 358 g/mol. The molecule has 1 atom stereocenters. The molecule has 1 N–H and O–H groups in total. The molecule has 0 aromatic heterocycles. The highest BCUT2D eigenvalue weighted by Crippen LogP contribution is 2.23. The number of rotatable bonds is 3. The van der Waals surface area contributed by atoms with Crippen LogP contribution in [0.3, 0.4) is 0 Å². The van der Waals surface area contributed by atoms with Gasteiger partial charge in [0.2, 0.25) is 5.91 Å². The number of nitrogens with zero attached hydrogens (tertiary/aromatic N) is 1. The molecule has 114 valence electrons. The minimum atomic E-state index is -0.693. The standard InChI is InChI=1S/C14H16BrFN2O3/c1-2-17-13(19)11-8-21-7-6-18(11)14(20)9-4-3-5-10(16)12(9)15/h3-5,11H,2,6-8H2,1H3,(H,17,19). The number of halogens is 2. The first-order chi connectivity index (χ1) is 10.1. The number of likely N-dealkylation sites (N-methyl/N-ethyl adjacent to an activating group) is 1. The Labute approximate surface area is 130 Å². The van der Waals surface area contributed by atoms with Crippen LogP contribution < -0.4 is 5.32 Å². The molecule has 2 rings (SSSR count). The topological polar surface area (TPSA) is 58.6 Å². The number of morpholine rings is 1. The summed E-state index contributed by atoms with van der Waals surface area (Å²) in [6.07, 6.45) is 0. The van der Waals surface area contributed by atoms with Gasteiger partial charge in [0, 0.05) is 13.1 Å². The highest BCUT2D eigenvalue weighted by molar-refractivity contribution is 9.10. The average molecular weight is 359 g/mol. The van der Waals surface area contributed by atoms with Crippen LogP contribution in [0.15, 0.2) is 22.7 Å². The van der Waals surface area contributed by atoms with Crippen molar-refractivity contribution in [3.8, 4) is 0 Å². The molecule has 1 fully saturated rings. The maximum atomic E-state index is 13.6. The van der Waals surface area contributed by atoms with E-state index in [1.54, 1.807) is 6.92 Å². The Kier molecular flexibility index (Phi) is 5.30. The van der Waals surface area contributed by atoms with Crippen LogP contribution in [0.25, 0.3) is 0 Å². The van der Waals surface area contributed by atoms with Crippen LogP contribution in [0, 0.1) is 5.82 Å². The second-order valence-corrected chi connectivity index (χ2v) is 5.38. The third-order valence-corrected chi connectivity index (χ3v) is 4.03. The summed E-state index contributed by atoms with van der Waals surface area (Å²) in [5, 5.41) is 2.68. The lowest BCUT2D eigenvalue weighted by atomic mass is 10.1. The fourth-order valence-electron chi connectivity index (χ4n) is 2.18. The Morgan fingerprint density at radius 2 is 2.29 bits per heavy atom. The number of benzene rings is 1. The van der Waals surface area contributed by atoms with Crippen molar-refractivity contribution in [1.82, 2.24) is 10.2 Å². The van der Waals surface area contributed by atoms with Gasteiger partial charge in [-0.1, -0.05) is 6.07 Å². The van der Waals surface area contributed by atoms with Gasteiger partial charge in [0.05, 0.1) is 23.2 Å². The van der Waals surface area contributed by atoms with E-state index in [9.17, 15) is 14.0 Å². The summed E-state index contributed by atoms with van der Waals surface area (Å²) in [6.45, 7) is 3.07. The summed E-state index contributed by atoms with van der Waals surface area (Å²) in [5.74, 6) is -1.16. The van der Waals surface area contributed by atoms with Gasteiger partial charge < -0.3 is 15.0 Å². The van der Waals surface area contributed by atoms with E-state index >= 15 is 0 Å². The molecule has 0 radical (unpaired) electrons. The van der Waals surface area contributed by atoms with Crippen LogP contribution in [0.2, 0.25) is 0 Å². The Morgan fingerprint density at radius 3 is 3.00 bits per heavy atom. The predicted molar refractivity (Wildman–Crippen MR) is 78.4 cm³/mol. The lowest BCUT2D eigenvalue weighted by Gasteiger charge is -2.34. The van der Waals surface area contributed by atoms with E-state index in [-0.39, 0.29) is 28.5 Å². The number of carbonyl (C=O) groups is 2. The van der Waals surface area contributed by atoms with Crippen LogP contribution >= 0.6 is 15.9 Å². The molecule has 2 amide bonds. The smallest absolute Gasteiger partial charge is 0.255 e. The van der Waals surface area contributed by atoms with Crippen LogP contribution in [0.1, 0.15) is 17.3 Å². The number of hydrogen-bond acceptors (Lipinski definition) is 3. The van der Waals surface area contributed by atoms with Gasteiger partial charge >= 0.3 is 0 Å². The maximum absolute atomic E-state index is 13.6. The third kappa shape index (κ3) is 3.41. The molecule has 1 aromatic rings. The molecule has 0 saturated carbocycles.